The monoisotopic (exact) mass is 199 g/mol. The average molecular weight is 199 g/mol. The number of hydrogen-bond donors (Lipinski definition) is 2. The predicted octanol–water partition coefficient (Wildman–Crippen LogP) is 0.794. The summed E-state index contributed by atoms with van der Waals surface area (Å²) in [5.74, 6) is 0.997. The molecule has 0 aliphatic rings. The van der Waals surface area contributed by atoms with Gasteiger partial charge in [-0.2, -0.15) is 4.98 Å². The molecule has 0 aliphatic heterocycles. The highest BCUT2D eigenvalue weighted by atomic mass is 16.5. The van der Waals surface area contributed by atoms with E-state index in [1.807, 2.05) is 0 Å². The SMILES string of the molecule is CCCCCc1nc(C(N)CO)no1. The van der Waals surface area contributed by atoms with E-state index in [0.717, 1.165) is 25.7 Å². The van der Waals surface area contributed by atoms with Crippen molar-refractivity contribution < 1.29 is 9.63 Å². The molecule has 1 rings (SSSR count). The van der Waals surface area contributed by atoms with Gasteiger partial charge in [0.15, 0.2) is 5.82 Å². The standard InChI is InChI=1S/C9H17N3O2/c1-2-3-4-5-8-11-9(12-14-8)7(10)6-13/h7,13H,2-6,10H2,1H3. The van der Waals surface area contributed by atoms with Crippen LogP contribution in [0.15, 0.2) is 4.52 Å². The molecule has 1 heterocycles. The van der Waals surface area contributed by atoms with Crippen molar-refractivity contribution in [3.8, 4) is 0 Å². The molecule has 0 aromatic carbocycles. The van der Waals surface area contributed by atoms with Gasteiger partial charge in [-0.15, -0.1) is 0 Å². The van der Waals surface area contributed by atoms with Crippen LogP contribution in [0.3, 0.4) is 0 Å². The molecule has 0 radical (unpaired) electrons. The third-order valence-corrected chi connectivity index (χ3v) is 2.01. The Morgan fingerprint density at radius 3 is 2.93 bits per heavy atom. The lowest BCUT2D eigenvalue weighted by Gasteiger charge is -1.98. The minimum absolute atomic E-state index is 0.159. The van der Waals surface area contributed by atoms with Crippen molar-refractivity contribution in [3.05, 3.63) is 11.7 Å². The van der Waals surface area contributed by atoms with Crippen LogP contribution in [0.4, 0.5) is 0 Å². The van der Waals surface area contributed by atoms with Gasteiger partial charge in [0.05, 0.1) is 12.6 Å². The summed E-state index contributed by atoms with van der Waals surface area (Å²) in [6.45, 7) is 1.98. The van der Waals surface area contributed by atoms with Gasteiger partial charge in [0, 0.05) is 6.42 Å². The van der Waals surface area contributed by atoms with Crippen molar-refractivity contribution >= 4 is 0 Å². The second-order valence-corrected chi connectivity index (χ2v) is 3.29. The van der Waals surface area contributed by atoms with Crippen molar-refractivity contribution in [2.24, 2.45) is 5.73 Å². The van der Waals surface area contributed by atoms with Crippen LogP contribution in [-0.4, -0.2) is 21.9 Å². The van der Waals surface area contributed by atoms with Crippen LogP contribution >= 0.6 is 0 Å². The van der Waals surface area contributed by atoms with Gasteiger partial charge in [-0.25, -0.2) is 0 Å². The Bertz CT molecular complexity index is 262. The van der Waals surface area contributed by atoms with E-state index in [-0.39, 0.29) is 6.61 Å². The van der Waals surface area contributed by atoms with Crippen LogP contribution in [0.5, 0.6) is 0 Å². The van der Waals surface area contributed by atoms with Crippen LogP contribution in [-0.2, 0) is 6.42 Å². The van der Waals surface area contributed by atoms with Gasteiger partial charge in [-0.3, -0.25) is 0 Å². The first-order valence-corrected chi connectivity index (χ1v) is 4.96. The smallest absolute Gasteiger partial charge is 0.226 e. The molecule has 0 bridgehead atoms. The van der Waals surface area contributed by atoms with Crippen molar-refractivity contribution in [2.75, 3.05) is 6.61 Å². The maximum Gasteiger partial charge on any atom is 0.226 e. The molecule has 14 heavy (non-hydrogen) atoms. The second-order valence-electron chi connectivity index (χ2n) is 3.29. The van der Waals surface area contributed by atoms with Gasteiger partial charge in [0.1, 0.15) is 0 Å². The quantitative estimate of drug-likeness (QED) is 0.662. The molecule has 0 aliphatic carbocycles. The fraction of sp³-hybridized carbons (Fsp3) is 0.778. The highest BCUT2D eigenvalue weighted by molar-refractivity contribution is 4.92. The zero-order chi connectivity index (χ0) is 10.4. The largest absolute Gasteiger partial charge is 0.394 e. The Hall–Kier alpha value is -0.940. The fourth-order valence-electron chi connectivity index (χ4n) is 1.13. The molecule has 5 nitrogen and oxygen atoms in total. The summed E-state index contributed by atoms with van der Waals surface area (Å²) in [6.07, 6.45) is 4.16. The van der Waals surface area contributed by atoms with Crippen LogP contribution in [0.2, 0.25) is 0 Å². The van der Waals surface area contributed by atoms with E-state index in [1.165, 1.54) is 0 Å². The first kappa shape index (κ1) is 11.1. The highest BCUT2D eigenvalue weighted by Gasteiger charge is 2.12. The van der Waals surface area contributed by atoms with E-state index in [1.54, 1.807) is 0 Å². The first-order chi connectivity index (χ1) is 6.77. The number of rotatable bonds is 6. The lowest BCUT2D eigenvalue weighted by molar-refractivity contribution is 0.259. The number of nitrogens with two attached hydrogens (primary N) is 1. The van der Waals surface area contributed by atoms with E-state index < -0.39 is 6.04 Å². The molecule has 1 unspecified atom stereocenters. The van der Waals surface area contributed by atoms with Crippen molar-refractivity contribution in [1.82, 2.24) is 10.1 Å². The Morgan fingerprint density at radius 1 is 1.50 bits per heavy atom. The maximum absolute atomic E-state index is 8.76. The van der Waals surface area contributed by atoms with Crippen LogP contribution in [0, 0.1) is 0 Å². The van der Waals surface area contributed by atoms with Gasteiger partial charge in [0.25, 0.3) is 0 Å². The fourth-order valence-corrected chi connectivity index (χ4v) is 1.13. The number of nitrogens with zero attached hydrogens (tertiary/aromatic N) is 2. The average Bonchev–Trinajstić information content (AvgIpc) is 2.66. The number of unbranched alkanes of at least 4 members (excludes halogenated alkanes) is 2. The molecule has 0 amide bonds. The van der Waals surface area contributed by atoms with E-state index >= 15 is 0 Å². The van der Waals surface area contributed by atoms with Gasteiger partial charge in [-0.1, -0.05) is 24.9 Å². The van der Waals surface area contributed by atoms with Crippen molar-refractivity contribution in [1.29, 1.82) is 0 Å². The van der Waals surface area contributed by atoms with E-state index in [4.69, 9.17) is 15.4 Å². The number of aliphatic hydroxyl groups excluding tert-OH is 1. The number of hydrogen-bond acceptors (Lipinski definition) is 5. The van der Waals surface area contributed by atoms with E-state index in [0.29, 0.717) is 11.7 Å². The molecule has 0 saturated carbocycles. The van der Waals surface area contributed by atoms with E-state index in [2.05, 4.69) is 17.1 Å². The molecular weight excluding hydrogens is 182 g/mol. The summed E-state index contributed by atoms with van der Waals surface area (Å²) >= 11 is 0. The third-order valence-electron chi connectivity index (χ3n) is 2.01. The van der Waals surface area contributed by atoms with Crippen LogP contribution < -0.4 is 5.73 Å². The summed E-state index contributed by atoms with van der Waals surface area (Å²) in [4.78, 5) is 4.09. The molecule has 1 aromatic heterocycles. The molecule has 1 aromatic rings. The Kier molecular flexibility index (Phi) is 4.55. The molecule has 0 spiro atoms. The van der Waals surface area contributed by atoms with Crippen molar-refractivity contribution in [2.45, 2.75) is 38.6 Å². The van der Waals surface area contributed by atoms with E-state index in [9.17, 15) is 0 Å². The molecule has 5 heteroatoms. The topological polar surface area (TPSA) is 85.2 Å². The van der Waals surface area contributed by atoms with Gasteiger partial charge in [0.2, 0.25) is 5.89 Å². The molecule has 0 saturated heterocycles. The minimum atomic E-state index is -0.529. The van der Waals surface area contributed by atoms with Crippen LogP contribution in [0.25, 0.3) is 0 Å². The first-order valence-electron chi connectivity index (χ1n) is 4.96. The van der Waals surface area contributed by atoms with Gasteiger partial charge < -0.3 is 15.4 Å². The minimum Gasteiger partial charge on any atom is -0.394 e. The normalized spacial score (nSPS) is 13.1. The molecule has 1 atom stereocenters. The number of aromatic nitrogens is 2. The second kappa shape index (κ2) is 5.72. The predicted molar refractivity (Wildman–Crippen MR) is 51.5 cm³/mol. The zero-order valence-corrected chi connectivity index (χ0v) is 8.44. The van der Waals surface area contributed by atoms with Gasteiger partial charge in [-0.05, 0) is 6.42 Å². The van der Waals surface area contributed by atoms with Crippen molar-refractivity contribution in [3.63, 3.8) is 0 Å². The summed E-state index contributed by atoms with van der Waals surface area (Å²) in [5, 5.41) is 12.5. The Labute approximate surface area is 83.3 Å². The lowest BCUT2D eigenvalue weighted by Crippen LogP contribution is -2.16. The number of aliphatic hydroxyl groups is 1. The molecular formula is C9H17N3O2. The number of aryl methyl sites for hydroxylation is 1. The summed E-state index contributed by atoms with van der Waals surface area (Å²) < 4.78 is 4.98. The Morgan fingerprint density at radius 2 is 2.29 bits per heavy atom. The van der Waals surface area contributed by atoms with Gasteiger partial charge >= 0.3 is 0 Å². The third kappa shape index (κ3) is 3.08. The molecule has 0 fully saturated rings. The molecule has 3 N–H and O–H groups in total. The lowest BCUT2D eigenvalue weighted by atomic mass is 10.2. The maximum atomic E-state index is 8.76. The summed E-state index contributed by atoms with van der Waals surface area (Å²) in [7, 11) is 0. The molecule has 80 valence electrons. The Balaban J connectivity index is 2.42. The van der Waals surface area contributed by atoms with Crippen LogP contribution in [0.1, 0.15) is 43.9 Å². The summed E-state index contributed by atoms with van der Waals surface area (Å²) in [5.41, 5.74) is 5.53. The zero-order valence-electron chi connectivity index (χ0n) is 8.44. The highest BCUT2D eigenvalue weighted by Crippen LogP contribution is 2.08. The summed E-state index contributed by atoms with van der Waals surface area (Å²) in [6, 6.07) is -0.529.